The third kappa shape index (κ3) is 41.0. The van der Waals surface area contributed by atoms with E-state index in [4.69, 9.17) is 14.2 Å². The monoisotopic (exact) mass is 1080 g/mol. The molecular weight excluding hydrogens is 955 g/mol. The molecule has 1 heterocycles. The number of ether oxygens (including phenoxy) is 3. The molecule has 446 valence electrons. The number of carbonyl (C=O) groups excluding carboxylic acids is 2. The summed E-state index contributed by atoms with van der Waals surface area (Å²) >= 11 is 0. The van der Waals surface area contributed by atoms with Crippen LogP contribution in [0.15, 0.2) is 36.5 Å². The van der Waals surface area contributed by atoms with Crippen molar-refractivity contribution in [2.24, 2.45) is 0 Å². The zero-order valence-electron chi connectivity index (χ0n) is 49.4. The van der Waals surface area contributed by atoms with E-state index in [-0.39, 0.29) is 13.0 Å². The van der Waals surface area contributed by atoms with Crippen molar-refractivity contribution in [3.8, 4) is 0 Å². The summed E-state index contributed by atoms with van der Waals surface area (Å²) in [6.07, 6.45) is 53.3. The van der Waals surface area contributed by atoms with Crippen molar-refractivity contribution in [2.45, 2.75) is 352 Å². The Bertz CT molecular complexity index is 1380. The molecule has 1 aliphatic rings. The number of aliphatic hydroxyl groups excluding tert-OH is 5. The smallest absolute Gasteiger partial charge is 0.306 e. The molecule has 0 bridgehead atoms. The molecule has 11 nitrogen and oxygen atoms in total. The first-order valence-corrected chi connectivity index (χ1v) is 32.3. The van der Waals surface area contributed by atoms with Crippen molar-refractivity contribution in [3.05, 3.63) is 36.5 Å². The van der Waals surface area contributed by atoms with E-state index in [2.05, 4.69) is 50.4 Å². The second-order valence-electron chi connectivity index (χ2n) is 22.5. The molecule has 1 fully saturated rings. The zero-order chi connectivity index (χ0) is 55.4. The van der Waals surface area contributed by atoms with E-state index >= 15 is 0 Å². The number of aliphatic hydroxyl groups is 5. The average Bonchev–Trinajstić information content (AvgIpc) is 3.42. The normalized spacial score (nSPS) is 19.3. The van der Waals surface area contributed by atoms with Gasteiger partial charge in [-0.15, -0.1) is 0 Å². The summed E-state index contributed by atoms with van der Waals surface area (Å²) in [7, 11) is 0. The van der Waals surface area contributed by atoms with Crippen LogP contribution in [0.3, 0.4) is 0 Å². The van der Waals surface area contributed by atoms with Gasteiger partial charge in [0, 0.05) is 6.42 Å². The highest BCUT2D eigenvalue weighted by Crippen LogP contribution is 2.26. The number of unbranched alkanes of at least 4 members (excludes halogenated alkanes) is 37. The van der Waals surface area contributed by atoms with Gasteiger partial charge in [-0.3, -0.25) is 9.59 Å². The Kier molecular flexibility index (Phi) is 50.6. The van der Waals surface area contributed by atoms with Gasteiger partial charge in [-0.2, -0.15) is 0 Å². The lowest BCUT2D eigenvalue weighted by atomic mass is 9.99. The molecule has 1 saturated heterocycles. The Labute approximate surface area is 466 Å². The minimum atomic E-state index is -1.61. The highest BCUT2D eigenvalue weighted by Gasteiger charge is 2.47. The number of hydrogen-bond donors (Lipinski definition) is 6. The molecule has 0 radical (unpaired) electrons. The average molecular weight is 1080 g/mol. The molecular formula is C65H121NO10. The van der Waals surface area contributed by atoms with Gasteiger partial charge in [0.1, 0.15) is 24.4 Å². The summed E-state index contributed by atoms with van der Waals surface area (Å²) < 4.78 is 17.6. The summed E-state index contributed by atoms with van der Waals surface area (Å²) in [5, 5.41) is 57.0. The Balaban J connectivity index is 2.61. The molecule has 0 aliphatic carbocycles. The SMILES string of the molecule is CCCCC/C=C\C/C=C\CCCCCCCCCCCCCCC(O)C(=O)NC(COC1OC(CO)C(O)C(O)C1OC(=O)CCCCCCCCCCCCCCCC)C(O)/C=C/CCCCCCCCCCC. The predicted molar refractivity (Wildman–Crippen MR) is 315 cm³/mol. The topological polar surface area (TPSA) is 175 Å². The van der Waals surface area contributed by atoms with Gasteiger partial charge in [-0.25, -0.2) is 0 Å². The molecule has 11 heteroatoms. The van der Waals surface area contributed by atoms with Gasteiger partial charge in [0.05, 0.1) is 25.4 Å². The van der Waals surface area contributed by atoms with Crippen LogP contribution in [0.5, 0.6) is 0 Å². The summed E-state index contributed by atoms with van der Waals surface area (Å²) in [4.78, 5) is 26.5. The molecule has 0 saturated carbocycles. The van der Waals surface area contributed by atoms with Crippen LogP contribution in [0.4, 0.5) is 0 Å². The quantitative estimate of drug-likeness (QED) is 0.0195. The fraction of sp³-hybridized carbons (Fsp3) is 0.877. The largest absolute Gasteiger partial charge is 0.454 e. The Morgan fingerprint density at radius 2 is 0.908 bits per heavy atom. The van der Waals surface area contributed by atoms with Gasteiger partial charge in [-0.05, 0) is 57.8 Å². The number of rotatable bonds is 55. The van der Waals surface area contributed by atoms with E-state index in [0.717, 1.165) is 64.2 Å². The first-order valence-electron chi connectivity index (χ1n) is 32.3. The highest BCUT2D eigenvalue weighted by atomic mass is 16.7. The van der Waals surface area contributed by atoms with Crippen molar-refractivity contribution in [2.75, 3.05) is 13.2 Å². The first-order chi connectivity index (χ1) is 37.2. The molecule has 0 aromatic carbocycles. The maximum absolute atomic E-state index is 13.4. The maximum Gasteiger partial charge on any atom is 0.306 e. The highest BCUT2D eigenvalue weighted by molar-refractivity contribution is 5.80. The Morgan fingerprint density at radius 3 is 1.37 bits per heavy atom. The molecule has 0 aromatic rings. The number of hydrogen-bond acceptors (Lipinski definition) is 10. The summed E-state index contributed by atoms with van der Waals surface area (Å²) in [5.41, 5.74) is 0. The van der Waals surface area contributed by atoms with Gasteiger partial charge >= 0.3 is 5.97 Å². The van der Waals surface area contributed by atoms with E-state index in [1.54, 1.807) is 6.08 Å². The molecule has 0 aromatic heterocycles. The van der Waals surface area contributed by atoms with Gasteiger partial charge in [0.2, 0.25) is 5.91 Å². The van der Waals surface area contributed by atoms with E-state index in [9.17, 15) is 35.1 Å². The minimum Gasteiger partial charge on any atom is -0.454 e. The van der Waals surface area contributed by atoms with E-state index in [0.29, 0.717) is 19.3 Å². The number of nitrogens with one attached hydrogen (secondary N) is 1. The van der Waals surface area contributed by atoms with Crippen LogP contribution in [0, 0.1) is 0 Å². The van der Waals surface area contributed by atoms with Crippen LogP contribution in [0.25, 0.3) is 0 Å². The van der Waals surface area contributed by atoms with Crippen LogP contribution in [0.2, 0.25) is 0 Å². The molecule has 0 spiro atoms. The van der Waals surface area contributed by atoms with Crippen LogP contribution >= 0.6 is 0 Å². The summed E-state index contributed by atoms with van der Waals surface area (Å²) in [6.45, 7) is 5.78. The third-order valence-electron chi connectivity index (χ3n) is 15.3. The van der Waals surface area contributed by atoms with Crippen LogP contribution in [0.1, 0.15) is 303 Å². The first kappa shape index (κ1) is 71.9. The van der Waals surface area contributed by atoms with E-state index < -0.39 is 67.4 Å². The van der Waals surface area contributed by atoms with Crippen LogP contribution < -0.4 is 5.32 Å². The molecule has 1 rings (SSSR count). The van der Waals surface area contributed by atoms with Gasteiger partial charge < -0.3 is 45.1 Å². The van der Waals surface area contributed by atoms with Crippen molar-refractivity contribution >= 4 is 11.9 Å². The van der Waals surface area contributed by atoms with E-state index in [1.165, 1.54) is 193 Å². The van der Waals surface area contributed by atoms with Crippen molar-refractivity contribution < 1.29 is 49.3 Å². The number of carbonyl (C=O) groups is 2. The van der Waals surface area contributed by atoms with Crippen LogP contribution in [-0.2, 0) is 23.8 Å². The molecule has 1 aliphatic heterocycles. The molecule has 6 N–H and O–H groups in total. The second-order valence-corrected chi connectivity index (χ2v) is 22.5. The minimum absolute atomic E-state index is 0.128. The van der Waals surface area contributed by atoms with Crippen molar-refractivity contribution in [3.63, 3.8) is 0 Å². The van der Waals surface area contributed by atoms with Crippen LogP contribution in [-0.4, -0.2) is 99.6 Å². The lowest BCUT2D eigenvalue weighted by Gasteiger charge is -2.41. The van der Waals surface area contributed by atoms with Gasteiger partial charge in [0.25, 0.3) is 0 Å². The summed E-state index contributed by atoms with van der Waals surface area (Å²) in [5.74, 6) is -1.18. The number of esters is 1. The Morgan fingerprint density at radius 1 is 0.513 bits per heavy atom. The lowest BCUT2D eigenvalue weighted by molar-refractivity contribution is -0.305. The Hall–Kier alpha value is -2.12. The fourth-order valence-corrected chi connectivity index (χ4v) is 10.2. The maximum atomic E-state index is 13.4. The number of amides is 1. The predicted octanol–water partition coefficient (Wildman–Crippen LogP) is 15.5. The summed E-state index contributed by atoms with van der Waals surface area (Å²) in [6, 6.07) is -1.02. The molecule has 8 unspecified atom stereocenters. The van der Waals surface area contributed by atoms with Gasteiger partial charge in [-0.1, -0.05) is 276 Å². The molecule has 8 atom stereocenters. The molecule has 1 amide bonds. The number of allylic oxidation sites excluding steroid dienone is 5. The van der Waals surface area contributed by atoms with Crippen molar-refractivity contribution in [1.29, 1.82) is 0 Å². The van der Waals surface area contributed by atoms with Gasteiger partial charge in [0.15, 0.2) is 12.4 Å². The standard InChI is InChI=1S/C65H121NO10/c1-4-7-10-13-16-19-22-24-26-27-28-29-30-31-32-33-34-37-40-43-46-49-52-58(69)64(73)66-56(57(68)51-48-45-42-39-36-21-18-15-12-9-6-3)55-74-65-63(62(72)61(71)59(54-67)75-65)76-60(70)53-50-47-44-41-38-35-25-23-20-17-14-11-8-5-2/h16,19,24,26,48,51,56-59,61-63,65,67-69,71-72H,4-15,17-18,20-23,25,27-47,49-50,52-55H2,1-3H3,(H,66,73)/b19-16-,26-24-,51-48+. The molecule has 76 heavy (non-hydrogen) atoms. The van der Waals surface area contributed by atoms with E-state index in [1.807, 2.05) is 6.08 Å². The lowest BCUT2D eigenvalue weighted by Crippen LogP contribution is -2.61. The van der Waals surface area contributed by atoms with Crippen molar-refractivity contribution in [1.82, 2.24) is 5.32 Å². The second kappa shape index (κ2) is 53.5. The zero-order valence-corrected chi connectivity index (χ0v) is 49.4. The fourth-order valence-electron chi connectivity index (χ4n) is 10.2. The third-order valence-corrected chi connectivity index (χ3v) is 15.3.